The highest BCUT2D eigenvalue weighted by molar-refractivity contribution is 5.84. The molecule has 0 spiro atoms. The molecule has 3 heterocycles. The average Bonchev–Trinajstić information content (AvgIpc) is 3.43. The molecule has 136 valence electrons. The van der Waals surface area contributed by atoms with Gasteiger partial charge in [0.1, 0.15) is 5.76 Å². The van der Waals surface area contributed by atoms with E-state index in [0.717, 1.165) is 46.9 Å². The molecular weight excluding hydrogens is 336 g/mol. The van der Waals surface area contributed by atoms with Gasteiger partial charge in [0, 0.05) is 23.9 Å². The minimum Gasteiger partial charge on any atom is -0.465 e. The molecule has 0 fully saturated rings. The Labute approximate surface area is 158 Å². The summed E-state index contributed by atoms with van der Waals surface area (Å²) in [5.41, 5.74) is 5.41. The lowest BCUT2D eigenvalue weighted by atomic mass is 10.0. The van der Waals surface area contributed by atoms with Gasteiger partial charge in [-0.2, -0.15) is 5.10 Å². The van der Waals surface area contributed by atoms with E-state index < -0.39 is 0 Å². The van der Waals surface area contributed by atoms with Gasteiger partial charge in [-0.05, 0) is 37.6 Å². The maximum Gasteiger partial charge on any atom is 0.126 e. The van der Waals surface area contributed by atoms with Gasteiger partial charge in [0.25, 0.3) is 0 Å². The predicted octanol–water partition coefficient (Wildman–Crippen LogP) is 4.97. The van der Waals surface area contributed by atoms with Gasteiger partial charge in [-0.1, -0.05) is 30.3 Å². The summed E-state index contributed by atoms with van der Waals surface area (Å²) in [7, 11) is 0. The molecule has 0 aliphatic rings. The van der Waals surface area contributed by atoms with Crippen molar-refractivity contribution < 1.29 is 4.42 Å². The highest BCUT2D eigenvalue weighted by atomic mass is 16.3. The smallest absolute Gasteiger partial charge is 0.126 e. The fourth-order valence-corrected chi connectivity index (χ4v) is 3.24. The number of aromatic nitrogens is 4. The molecule has 5 nitrogen and oxygen atoms in total. The summed E-state index contributed by atoms with van der Waals surface area (Å²) in [5, 5.41) is 4.38. The third kappa shape index (κ3) is 3.62. The van der Waals surface area contributed by atoms with Crippen molar-refractivity contribution in [3.63, 3.8) is 0 Å². The van der Waals surface area contributed by atoms with Crippen molar-refractivity contribution in [2.75, 3.05) is 0 Å². The van der Waals surface area contributed by atoms with Gasteiger partial charge in [-0.25, -0.2) is 4.98 Å². The molecule has 0 aliphatic carbocycles. The van der Waals surface area contributed by atoms with Crippen molar-refractivity contribution in [1.29, 1.82) is 0 Å². The summed E-state index contributed by atoms with van der Waals surface area (Å²) < 4.78 is 9.62. The predicted molar refractivity (Wildman–Crippen MR) is 107 cm³/mol. The number of imidazole rings is 1. The van der Waals surface area contributed by atoms with Gasteiger partial charge in [0.15, 0.2) is 0 Å². The lowest BCUT2D eigenvalue weighted by Crippen LogP contribution is -2.02. The average molecular weight is 358 g/mol. The van der Waals surface area contributed by atoms with Gasteiger partial charge in [0.05, 0.1) is 36.7 Å². The van der Waals surface area contributed by atoms with Gasteiger partial charge in [-0.3, -0.25) is 4.68 Å². The largest absolute Gasteiger partial charge is 0.465 e. The molecule has 0 aliphatic heterocycles. The van der Waals surface area contributed by atoms with Crippen LogP contribution in [0.4, 0.5) is 0 Å². The Morgan fingerprint density at radius 3 is 2.70 bits per heavy atom. The van der Waals surface area contributed by atoms with Crippen molar-refractivity contribution in [3.05, 3.63) is 84.5 Å². The lowest BCUT2D eigenvalue weighted by molar-refractivity contribution is 0.557. The number of nitrogens with zero attached hydrogens (tertiary/aromatic N) is 4. The van der Waals surface area contributed by atoms with E-state index in [-0.39, 0.29) is 0 Å². The second kappa shape index (κ2) is 7.50. The molecule has 0 saturated heterocycles. The Morgan fingerprint density at radius 2 is 2.00 bits per heavy atom. The molecule has 0 N–H and O–H groups in total. The van der Waals surface area contributed by atoms with E-state index in [9.17, 15) is 0 Å². The SMILES string of the molecule is CCn1cc(Cn2cnc(-c3ccccc3)c2/C(C)=C/c2ccco2)cn1. The van der Waals surface area contributed by atoms with Gasteiger partial charge < -0.3 is 8.98 Å². The zero-order valence-electron chi connectivity index (χ0n) is 15.5. The van der Waals surface area contributed by atoms with Crippen LogP contribution in [0.25, 0.3) is 22.9 Å². The first-order chi connectivity index (χ1) is 13.2. The molecule has 5 heteroatoms. The van der Waals surface area contributed by atoms with E-state index in [4.69, 9.17) is 9.40 Å². The topological polar surface area (TPSA) is 48.8 Å². The summed E-state index contributed by atoms with van der Waals surface area (Å²) in [6, 6.07) is 14.1. The molecule has 4 aromatic rings. The van der Waals surface area contributed by atoms with Crippen LogP contribution in [0.1, 0.15) is 30.9 Å². The Bertz CT molecular complexity index is 1040. The monoisotopic (exact) mass is 358 g/mol. The van der Waals surface area contributed by atoms with Crippen LogP contribution in [0.3, 0.4) is 0 Å². The quantitative estimate of drug-likeness (QED) is 0.489. The fraction of sp³-hybridized carbons (Fsp3) is 0.182. The number of rotatable bonds is 6. The Morgan fingerprint density at radius 1 is 1.15 bits per heavy atom. The van der Waals surface area contributed by atoms with E-state index in [1.807, 2.05) is 47.5 Å². The zero-order chi connectivity index (χ0) is 18.6. The number of hydrogen-bond donors (Lipinski definition) is 0. The third-order valence-corrected chi connectivity index (χ3v) is 4.52. The highest BCUT2D eigenvalue weighted by Crippen LogP contribution is 2.29. The van der Waals surface area contributed by atoms with Crippen molar-refractivity contribution in [2.45, 2.75) is 26.9 Å². The molecule has 3 aromatic heterocycles. The van der Waals surface area contributed by atoms with E-state index in [2.05, 4.69) is 47.9 Å². The second-order valence-electron chi connectivity index (χ2n) is 6.48. The number of aryl methyl sites for hydroxylation is 1. The van der Waals surface area contributed by atoms with Gasteiger partial charge in [0.2, 0.25) is 0 Å². The summed E-state index contributed by atoms with van der Waals surface area (Å²) in [5.74, 6) is 0.832. The molecule has 1 aromatic carbocycles. The van der Waals surface area contributed by atoms with Crippen LogP contribution < -0.4 is 0 Å². The molecule has 0 bridgehead atoms. The number of allylic oxidation sites excluding steroid dienone is 1. The van der Waals surface area contributed by atoms with Crippen LogP contribution >= 0.6 is 0 Å². The van der Waals surface area contributed by atoms with Crippen LogP contribution in [0, 0.1) is 0 Å². The number of furan rings is 1. The maximum atomic E-state index is 5.50. The lowest BCUT2D eigenvalue weighted by Gasteiger charge is -2.10. The van der Waals surface area contributed by atoms with E-state index in [1.54, 1.807) is 6.26 Å². The van der Waals surface area contributed by atoms with Crippen LogP contribution in [0.15, 0.2) is 71.9 Å². The molecule has 0 radical (unpaired) electrons. The normalized spacial score (nSPS) is 11.9. The number of benzene rings is 1. The van der Waals surface area contributed by atoms with Gasteiger partial charge >= 0.3 is 0 Å². The fourth-order valence-electron chi connectivity index (χ4n) is 3.24. The molecular formula is C22H22N4O. The Kier molecular flexibility index (Phi) is 4.75. The second-order valence-corrected chi connectivity index (χ2v) is 6.48. The van der Waals surface area contributed by atoms with Crippen molar-refractivity contribution in [1.82, 2.24) is 19.3 Å². The molecule has 0 saturated carbocycles. The first-order valence-electron chi connectivity index (χ1n) is 9.08. The third-order valence-electron chi connectivity index (χ3n) is 4.52. The van der Waals surface area contributed by atoms with Gasteiger partial charge in [-0.15, -0.1) is 0 Å². The van der Waals surface area contributed by atoms with Crippen LogP contribution in [0.5, 0.6) is 0 Å². The first-order valence-corrected chi connectivity index (χ1v) is 9.08. The summed E-state index contributed by atoms with van der Waals surface area (Å²) >= 11 is 0. The summed E-state index contributed by atoms with van der Waals surface area (Å²) in [4.78, 5) is 4.72. The first kappa shape index (κ1) is 17.1. The van der Waals surface area contributed by atoms with E-state index in [1.165, 1.54) is 0 Å². The molecule has 0 amide bonds. The standard InChI is InChI=1S/C22H22N4O/c1-3-26-15-18(13-24-26)14-25-16-23-21(19-8-5-4-6-9-19)22(25)17(2)12-20-10-7-11-27-20/h4-13,15-16H,3,14H2,1-2H3/b17-12+. The van der Waals surface area contributed by atoms with Crippen molar-refractivity contribution in [2.24, 2.45) is 0 Å². The van der Waals surface area contributed by atoms with Crippen LogP contribution in [-0.2, 0) is 13.1 Å². The highest BCUT2D eigenvalue weighted by Gasteiger charge is 2.15. The molecule has 27 heavy (non-hydrogen) atoms. The number of hydrogen-bond acceptors (Lipinski definition) is 3. The molecule has 0 unspecified atom stereocenters. The molecule has 4 rings (SSSR count). The summed E-state index contributed by atoms with van der Waals surface area (Å²) in [6.07, 6.45) is 9.64. The van der Waals surface area contributed by atoms with Crippen molar-refractivity contribution >= 4 is 11.6 Å². The Balaban J connectivity index is 1.78. The summed E-state index contributed by atoms with van der Waals surface area (Å²) in [6.45, 7) is 5.77. The zero-order valence-corrected chi connectivity index (χ0v) is 15.5. The van der Waals surface area contributed by atoms with Crippen molar-refractivity contribution in [3.8, 4) is 11.3 Å². The van der Waals surface area contributed by atoms with E-state index >= 15 is 0 Å². The van der Waals surface area contributed by atoms with E-state index in [0.29, 0.717) is 0 Å². The minimum absolute atomic E-state index is 0.721. The van der Waals surface area contributed by atoms with Crippen LogP contribution in [-0.4, -0.2) is 19.3 Å². The minimum atomic E-state index is 0.721. The van der Waals surface area contributed by atoms with Crippen LogP contribution in [0.2, 0.25) is 0 Å². The maximum absolute atomic E-state index is 5.50. The Hall–Kier alpha value is -3.34. The molecule has 0 atom stereocenters.